The first kappa shape index (κ1) is 15.3. The number of carboxylic acids is 1. The molecule has 2 rings (SSSR count). The molecular weight excluding hydrogens is 314 g/mol. The average Bonchev–Trinajstić information content (AvgIpc) is 2.37. The molecule has 0 aromatic heterocycles. The third-order valence-corrected chi connectivity index (χ3v) is 3.63. The highest BCUT2D eigenvalue weighted by Crippen LogP contribution is 2.30. The van der Waals surface area contributed by atoms with E-state index in [0.29, 0.717) is 21.8 Å². The number of anilines is 1. The van der Waals surface area contributed by atoms with Crippen LogP contribution < -0.4 is 4.72 Å². The lowest BCUT2D eigenvalue weighted by molar-refractivity contribution is 0.0697. The van der Waals surface area contributed by atoms with Gasteiger partial charge in [-0.1, -0.05) is 23.7 Å². The maximum absolute atomic E-state index is 11.2. The van der Waals surface area contributed by atoms with Crippen LogP contribution in [-0.2, 0) is 10.0 Å². The summed E-state index contributed by atoms with van der Waals surface area (Å²) in [7, 11) is -3.38. The van der Waals surface area contributed by atoms with Crippen molar-refractivity contribution in [1.29, 1.82) is 0 Å². The quantitative estimate of drug-likeness (QED) is 0.904. The van der Waals surface area contributed by atoms with Gasteiger partial charge in [-0.25, -0.2) is 13.2 Å². The molecule has 0 unspecified atom stereocenters. The van der Waals surface area contributed by atoms with Gasteiger partial charge in [0.25, 0.3) is 0 Å². The van der Waals surface area contributed by atoms with Crippen LogP contribution in [0.25, 0.3) is 11.1 Å². The van der Waals surface area contributed by atoms with Gasteiger partial charge in [-0.2, -0.15) is 0 Å². The van der Waals surface area contributed by atoms with E-state index in [-0.39, 0.29) is 5.56 Å². The normalized spacial score (nSPS) is 11.1. The molecule has 5 nitrogen and oxygen atoms in total. The predicted molar refractivity (Wildman–Crippen MR) is 82.3 cm³/mol. The minimum absolute atomic E-state index is 0.107. The van der Waals surface area contributed by atoms with Gasteiger partial charge < -0.3 is 5.11 Å². The van der Waals surface area contributed by atoms with E-state index in [2.05, 4.69) is 4.72 Å². The summed E-state index contributed by atoms with van der Waals surface area (Å²) in [5.74, 6) is -1.06. The van der Waals surface area contributed by atoms with Crippen molar-refractivity contribution >= 4 is 33.3 Å². The zero-order valence-electron chi connectivity index (χ0n) is 11.0. The van der Waals surface area contributed by atoms with Gasteiger partial charge in [0.2, 0.25) is 10.0 Å². The molecule has 21 heavy (non-hydrogen) atoms. The van der Waals surface area contributed by atoms with E-state index in [1.165, 1.54) is 18.2 Å². The lowest BCUT2D eigenvalue weighted by Gasteiger charge is -2.09. The number of hydrogen-bond acceptors (Lipinski definition) is 3. The molecule has 0 aliphatic carbocycles. The molecule has 0 aliphatic heterocycles. The highest BCUT2D eigenvalue weighted by Gasteiger charge is 2.10. The summed E-state index contributed by atoms with van der Waals surface area (Å²) >= 11 is 6.09. The number of hydrogen-bond donors (Lipinski definition) is 2. The first-order valence-electron chi connectivity index (χ1n) is 5.87. The standard InChI is InChI=1S/C14H12ClNO4S/c1-21(19,20)16-11-4-2-3-9(7-11)12-8-10(14(17)18)5-6-13(12)15/h2-8,16H,1H3,(H,17,18). The molecule has 7 heteroatoms. The van der Waals surface area contributed by atoms with Crippen molar-refractivity contribution in [1.82, 2.24) is 0 Å². The summed E-state index contributed by atoms with van der Waals surface area (Å²) in [4.78, 5) is 11.0. The number of rotatable bonds is 4. The molecule has 0 heterocycles. The number of halogens is 1. The Kier molecular flexibility index (Phi) is 4.20. The van der Waals surface area contributed by atoms with Gasteiger partial charge in [0.1, 0.15) is 0 Å². The van der Waals surface area contributed by atoms with Gasteiger partial charge in [-0.05, 0) is 35.9 Å². The fourth-order valence-corrected chi connectivity index (χ4v) is 2.63. The summed E-state index contributed by atoms with van der Waals surface area (Å²) in [6.07, 6.45) is 1.05. The summed E-state index contributed by atoms with van der Waals surface area (Å²) in [6, 6.07) is 10.9. The summed E-state index contributed by atoms with van der Waals surface area (Å²) in [5, 5.41) is 9.41. The number of nitrogens with one attached hydrogen (secondary N) is 1. The van der Waals surface area contributed by atoms with Gasteiger partial charge in [-0.15, -0.1) is 0 Å². The maximum atomic E-state index is 11.2. The molecule has 2 aromatic rings. The Balaban J connectivity index is 2.49. The second-order valence-electron chi connectivity index (χ2n) is 4.45. The summed E-state index contributed by atoms with van der Waals surface area (Å²) < 4.78 is 24.8. The van der Waals surface area contributed by atoms with Crippen molar-refractivity contribution in [2.75, 3.05) is 11.0 Å². The molecule has 0 amide bonds. The average molecular weight is 326 g/mol. The van der Waals surface area contributed by atoms with Gasteiger partial charge >= 0.3 is 5.97 Å². The Morgan fingerprint density at radius 2 is 1.90 bits per heavy atom. The van der Waals surface area contributed by atoms with Crippen molar-refractivity contribution in [2.45, 2.75) is 0 Å². The second-order valence-corrected chi connectivity index (χ2v) is 6.61. The molecule has 0 atom stereocenters. The molecule has 0 saturated carbocycles. The van der Waals surface area contributed by atoms with E-state index in [9.17, 15) is 13.2 Å². The third kappa shape index (κ3) is 3.96. The molecule has 0 radical (unpaired) electrons. The highest BCUT2D eigenvalue weighted by atomic mass is 35.5. The van der Waals surface area contributed by atoms with Crippen LogP contribution >= 0.6 is 11.6 Å². The molecule has 0 aliphatic rings. The van der Waals surface area contributed by atoms with Crippen LogP contribution in [0, 0.1) is 0 Å². The van der Waals surface area contributed by atoms with Gasteiger partial charge in [0, 0.05) is 16.3 Å². The SMILES string of the molecule is CS(=O)(=O)Nc1cccc(-c2cc(C(=O)O)ccc2Cl)c1. The van der Waals surface area contributed by atoms with E-state index in [1.807, 2.05) is 0 Å². The van der Waals surface area contributed by atoms with Crippen LogP contribution in [0.5, 0.6) is 0 Å². The van der Waals surface area contributed by atoms with Crippen LogP contribution in [0.15, 0.2) is 42.5 Å². The molecule has 0 fully saturated rings. The number of benzene rings is 2. The Hall–Kier alpha value is -2.05. The van der Waals surface area contributed by atoms with E-state index >= 15 is 0 Å². The first-order valence-corrected chi connectivity index (χ1v) is 8.14. The Bertz CT molecular complexity index is 802. The van der Waals surface area contributed by atoms with Gasteiger partial charge in [-0.3, -0.25) is 4.72 Å². The first-order chi connectivity index (χ1) is 9.76. The molecule has 110 valence electrons. The van der Waals surface area contributed by atoms with E-state index in [1.54, 1.807) is 24.3 Å². The molecule has 2 aromatic carbocycles. The fraction of sp³-hybridized carbons (Fsp3) is 0.0714. The van der Waals surface area contributed by atoms with Crippen LogP contribution in [0.2, 0.25) is 5.02 Å². The fourth-order valence-electron chi connectivity index (χ4n) is 1.84. The van der Waals surface area contributed by atoms with Crippen LogP contribution in [0.4, 0.5) is 5.69 Å². The monoisotopic (exact) mass is 325 g/mol. The lowest BCUT2D eigenvalue weighted by atomic mass is 10.0. The molecule has 0 bridgehead atoms. The number of carboxylic acid groups (broad SMARTS) is 1. The van der Waals surface area contributed by atoms with Crippen LogP contribution in [0.1, 0.15) is 10.4 Å². The Morgan fingerprint density at radius 3 is 2.52 bits per heavy atom. The number of sulfonamides is 1. The molecule has 2 N–H and O–H groups in total. The second kappa shape index (κ2) is 5.75. The topological polar surface area (TPSA) is 83.5 Å². The maximum Gasteiger partial charge on any atom is 0.335 e. The summed E-state index contributed by atoms with van der Waals surface area (Å²) in [6.45, 7) is 0. The summed E-state index contributed by atoms with van der Waals surface area (Å²) in [5.41, 5.74) is 1.63. The zero-order valence-corrected chi connectivity index (χ0v) is 12.6. The predicted octanol–water partition coefficient (Wildman–Crippen LogP) is 3.08. The van der Waals surface area contributed by atoms with E-state index in [0.717, 1.165) is 6.26 Å². The van der Waals surface area contributed by atoms with Crippen molar-refractivity contribution in [3.05, 3.63) is 53.1 Å². The van der Waals surface area contributed by atoms with E-state index in [4.69, 9.17) is 16.7 Å². The molecule has 0 saturated heterocycles. The lowest BCUT2D eigenvalue weighted by Crippen LogP contribution is -2.09. The van der Waals surface area contributed by atoms with E-state index < -0.39 is 16.0 Å². The van der Waals surface area contributed by atoms with Crippen molar-refractivity contribution in [2.24, 2.45) is 0 Å². The van der Waals surface area contributed by atoms with Crippen molar-refractivity contribution in [3.63, 3.8) is 0 Å². The van der Waals surface area contributed by atoms with Crippen LogP contribution in [-0.4, -0.2) is 25.7 Å². The van der Waals surface area contributed by atoms with Crippen molar-refractivity contribution < 1.29 is 18.3 Å². The smallest absolute Gasteiger partial charge is 0.335 e. The minimum Gasteiger partial charge on any atom is -0.478 e. The minimum atomic E-state index is -3.38. The van der Waals surface area contributed by atoms with Crippen LogP contribution in [0.3, 0.4) is 0 Å². The largest absolute Gasteiger partial charge is 0.478 e. The molecular formula is C14H12ClNO4S. The van der Waals surface area contributed by atoms with Gasteiger partial charge in [0.05, 0.1) is 11.8 Å². The number of aromatic carboxylic acids is 1. The Labute approximate surface area is 127 Å². The number of carbonyl (C=O) groups is 1. The van der Waals surface area contributed by atoms with Crippen molar-refractivity contribution in [3.8, 4) is 11.1 Å². The third-order valence-electron chi connectivity index (χ3n) is 2.69. The van der Waals surface area contributed by atoms with Gasteiger partial charge in [0.15, 0.2) is 0 Å². The molecule has 0 spiro atoms. The highest BCUT2D eigenvalue weighted by molar-refractivity contribution is 7.92. The Morgan fingerprint density at radius 1 is 1.19 bits per heavy atom. The zero-order chi connectivity index (χ0) is 15.6.